The summed E-state index contributed by atoms with van der Waals surface area (Å²) in [4.78, 5) is 4.34. The second kappa shape index (κ2) is 5.67. The molecule has 0 saturated heterocycles. The summed E-state index contributed by atoms with van der Waals surface area (Å²) in [6, 6.07) is 8.79. The molecule has 2 aromatic heterocycles. The number of aliphatic hydroxyl groups excluding tert-OH is 1. The molecule has 0 aliphatic heterocycles. The van der Waals surface area contributed by atoms with Crippen molar-refractivity contribution in [1.82, 2.24) is 4.98 Å². The number of rotatable bonds is 4. The van der Waals surface area contributed by atoms with Crippen molar-refractivity contribution in [3.63, 3.8) is 0 Å². The minimum Gasteiger partial charge on any atom is -0.618 e. The first kappa shape index (κ1) is 13.3. The monoisotopic (exact) mass is 260 g/mol. The number of aryl methyl sites for hydroxylation is 2. The van der Waals surface area contributed by atoms with E-state index in [1.807, 2.05) is 19.1 Å². The van der Waals surface area contributed by atoms with Gasteiger partial charge in [-0.25, -0.2) is 4.98 Å². The van der Waals surface area contributed by atoms with E-state index in [9.17, 15) is 5.21 Å². The number of pyridine rings is 2. The van der Waals surface area contributed by atoms with Gasteiger partial charge in [0.25, 0.3) is 0 Å². The summed E-state index contributed by atoms with van der Waals surface area (Å²) >= 11 is 0. The maximum Gasteiger partial charge on any atom is 0.246 e. The summed E-state index contributed by atoms with van der Waals surface area (Å²) in [7, 11) is 0. The van der Waals surface area contributed by atoms with Crippen molar-refractivity contribution in [2.75, 3.05) is 13.2 Å². The Morgan fingerprint density at radius 1 is 1.32 bits per heavy atom. The molecule has 0 aromatic carbocycles. The van der Waals surface area contributed by atoms with Gasteiger partial charge in [0.05, 0.1) is 12.7 Å². The van der Waals surface area contributed by atoms with Gasteiger partial charge in [-0.3, -0.25) is 0 Å². The van der Waals surface area contributed by atoms with Gasteiger partial charge in [-0.15, -0.1) is 0 Å². The van der Waals surface area contributed by atoms with Crippen LogP contribution < -0.4 is 9.47 Å². The SMILES string of the molecule is Cc1cccc(-c2cc(OCCO)cc(C)[n+]2[O-])n1. The zero-order valence-electron chi connectivity index (χ0n) is 11.0. The van der Waals surface area contributed by atoms with Crippen molar-refractivity contribution in [1.29, 1.82) is 0 Å². The van der Waals surface area contributed by atoms with Crippen LogP contribution in [-0.4, -0.2) is 23.3 Å². The first-order chi connectivity index (χ1) is 9.11. The van der Waals surface area contributed by atoms with Crippen LogP contribution in [0.3, 0.4) is 0 Å². The maximum atomic E-state index is 12.1. The van der Waals surface area contributed by atoms with E-state index in [0.717, 1.165) is 10.4 Å². The van der Waals surface area contributed by atoms with Crippen LogP contribution >= 0.6 is 0 Å². The third-order valence-electron chi connectivity index (χ3n) is 2.68. The normalized spacial score (nSPS) is 10.5. The van der Waals surface area contributed by atoms with E-state index >= 15 is 0 Å². The highest BCUT2D eigenvalue weighted by molar-refractivity contribution is 5.53. The van der Waals surface area contributed by atoms with Crippen LogP contribution in [0.25, 0.3) is 11.4 Å². The molecule has 2 aromatic rings. The Balaban J connectivity index is 2.46. The van der Waals surface area contributed by atoms with Crippen molar-refractivity contribution in [3.05, 3.63) is 46.9 Å². The van der Waals surface area contributed by atoms with Crippen LogP contribution in [0.4, 0.5) is 0 Å². The minimum atomic E-state index is -0.0661. The van der Waals surface area contributed by atoms with E-state index in [0.29, 0.717) is 22.8 Å². The molecule has 0 fully saturated rings. The Labute approximate surface area is 111 Å². The molecule has 5 heteroatoms. The Bertz CT molecular complexity index is 585. The van der Waals surface area contributed by atoms with E-state index in [-0.39, 0.29) is 13.2 Å². The lowest BCUT2D eigenvalue weighted by Crippen LogP contribution is -2.33. The zero-order valence-corrected chi connectivity index (χ0v) is 11.0. The van der Waals surface area contributed by atoms with Crippen molar-refractivity contribution >= 4 is 0 Å². The molecule has 0 bridgehead atoms. The van der Waals surface area contributed by atoms with Gasteiger partial charge in [-0.2, -0.15) is 4.73 Å². The fourth-order valence-corrected chi connectivity index (χ4v) is 1.80. The van der Waals surface area contributed by atoms with E-state index in [1.165, 1.54) is 0 Å². The number of nitrogens with zero attached hydrogens (tertiary/aromatic N) is 2. The first-order valence-corrected chi connectivity index (χ1v) is 6.03. The molecule has 0 unspecified atom stereocenters. The van der Waals surface area contributed by atoms with E-state index in [2.05, 4.69) is 4.98 Å². The van der Waals surface area contributed by atoms with Crippen LogP contribution in [0, 0.1) is 19.1 Å². The van der Waals surface area contributed by atoms with Crippen LogP contribution in [0.5, 0.6) is 5.75 Å². The van der Waals surface area contributed by atoms with Crippen molar-refractivity contribution in [2.24, 2.45) is 0 Å². The lowest BCUT2D eigenvalue weighted by atomic mass is 10.2. The van der Waals surface area contributed by atoms with Crippen LogP contribution in [0.2, 0.25) is 0 Å². The quantitative estimate of drug-likeness (QED) is 0.666. The van der Waals surface area contributed by atoms with Crippen LogP contribution in [0.15, 0.2) is 30.3 Å². The summed E-state index contributed by atoms with van der Waals surface area (Å²) < 4.78 is 6.18. The summed E-state index contributed by atoms with van der Waals surface area (Å²) in [5.41, 5.74) is 2.41. The molecule has 0 aliphatic rings. The maximum absolute atomic E-state index is 12.1. The van der Waals surface area contributed by atoms with Gasteiger partial charge in [0.1, 0.15) is 18.1 Å². The molecule has 0 aliphatic carbocycles. The summed E-state index contributed by atoms with van der Waals surface area (Å²) in [5, 5.41) is 20.8. The third kappa shape index (κ3) is 3.00. The molecule has 0 spiro atoms. The van der Waals surface area contributed by atoms with Gasteiger partial charge in [0.2, 0.25) is 5.69 Å². The molecular weight excluding hydrogens is 244 g/mol. The average Bonchev–Trinajstić information content (AvgIpc) is 2.40. The van der Waals surface area contributed by atoms with Gasteiger partial charge < -0.3 is 15.1 Å². The predicted molar refractivity (Wildman–Crippen MR) is 70.7 cm³/mol. The van der Waals surface area contributed by atoms with Gasteiger partial charge in [0.15, 0.2) is 5.69 Å². The lowest BCUT2D eigenvalue weighted by Gasteiger charge is -2.10. The zero-order chi connectivity index (χ0) is 13.8. The summed E-state index contributed by atoms with van der Waals surface area (Å²) in [5.74, 6) is 0.553. The fourth-order valence-electron chi connectivity index (χ4n) is 1.80. The minimum absolute atomic E-state index is 0.0661. The number of aromatic nitrogens is 2. The highest BCUT2D eigenvalue weighted by Crippen LogP contribution is 2.20. The van der Waals surface area contributed by atoms with Crippen LogP contribution in [0.1, 0.15) is 11.4 Å². The van der Waals surface area contributed by atoms with Gasteiger partial charge in [-0.05, 0) is 19.1 Å². The molecule has 19 heavy (non-hydrogen) atoms. The van der Waals surface area contributed by atoms with Gasteiger partial charge in [-0.1, -0.05) is 6.07 Å². The molecule has 0 atom stereocenters. The molecule has 100 valence electrons. The van der Waals surface area contributed by atoms with E-state index < -0.39 is 0 Å². The Hall–Kier alpha value is -2.14. The van der Waals surface area contributed by atoms with Crippen molar-refractivity contribution in [2.45, 2.75) is 13.8 Å². The van der Waals surface area contributed by atoms with Gasteiger partial charge in [0, 0.05) is 18.7 Å². The molecule has 5 nitrogen and oxygen atoms in total. The topological polar surface area (TPSA) is 69.3 Å². The molecule has 2 rings (SSSR count). The number of hydrogen-bond acceptors (Lipinski definition) is 4. The molecule has 1 N–H and O–H groups in total. The molecule has 0 saturated carbocycles. The van der Waals surface area contributed by atoms with Crippen LogP contribution in [-0.2, 0) is 0 Å². The van der Waals surface area contributed by atoms with E-state index in [1.54, 1.807) is 25.1 Å². The van der Waals surface area contributed by atoms with Crippen molar-refractivity contribution < 1.29 is 14.6 Å². The molecule has 0 amide bonds. The number of ether oxygens (including phenoxy) is 1. The average molecular weight is 260 g/mol. The Morgan fingerprint density at radius 3 is 2.79 bits per heavy atom. The highest BCUT2D eigenvalue weighted by atomic mass is 16.5. The second-order valence-electron chi connectivity index (χ2n) is 4.25. The second-order valence-corrected chi connectivity index (χ2v) is 4.25. The number of aliphatic hydroxyl groups is 1. The highest BCUT2D eigenvalue weighted by Gasteiger charge is 2.15. The smallest absolute Gasteiger partial charge is 0.246 e. The van der Waals surface area contributed by atoms with Crippen molar-refractivity contribution in [3.8, 4) is 17.1 Å². The predicted octanol–water partition coefficient (Wildman–Crippen LogP) is 1.37. The molecular formula is C14H16N2O3. The molecule has 2 heterocycles. The number of hydrogen-bond donors (Lipinski definition) is 1. The fraction of sp³-hybridized carbons (Fsp3) is 0.286. The first-order valence-electron chi connectivity index (χ1n) is 6.03. The van der Waals surface area contributed by atoms with E-state index in [4.69, 9.17) is 9.84 Å². The summed E-state index contributed by atoms with van der Waals surface area (Å²) in [6.07, 6.45) is 0. The lowest BCUT2D eigenvalue weighted by molar-refractivity contribution is -0.600. The third-order valence-corrected chi connectivity index (χ3v) is 2.68. The Morgan fingerprint density at radius 2 is 2.11 bits per heavy atom. The standard InChI is InChI=1S/C14H16N2O3/c1-10-4-3-5-13(15-10)14-9-12(19-7-6-17)8-11(2)16(14)18/h3-5,8-9,17H,6-7H2,1-2H3. The summed E-state index contributed by atoms with van der Waals surface area (Å²) in [6.45, 7) is 3.71. The van der Waals surface area contributed by atoms with Gasteiger partial charge >= 0.3 is 0 Å². The molecule has 0 radical (unpaired) electrons. The largest absolute Gasteiger partial charge is 0.618 e. The Kier molecular flexibility index (Phi) is 3.97.